The zero-order chi connectivity index (χ0) is 9.84. The summed E-state index contributed by atoms with van der Waals surface area (Å²) in [5.41, 5.74) is 3.60. The van der Waals surface area contributed by atoms with Crippen LogP contribution in [-0.2, 0) is 4.99 Å². The molecular weight excluding hydrogens is 174 g/mol. The van der Waals surface area contributed by atoms with Crippen molar-refractivity contribution in [1.29, 1.82) is 0 Å². The first-order valence-corrected chi connectivity index (χ1v) is 3.55. The molecule has 5 nitrogen and oxygen atoms in total. The highest BCUT2D eigenvalue weighted by Crippen LogP contribution is 2.16. The van der Waals surface area contributed by atoms with E-state index in [9.17, 15) is 4.79 Å². The van der Waals surface area contributed by atoms with E-state index in [1.54, 1.807) is 6.92 Å². The smallest absolute Gasteiger partial charge is 0.335 e. The van der Waals surface area contributed by atoms with Crippen LogP contribution in [0, 0.1) is 6.92 Å². The minimum absolute atomic E-state index is 0.195. The van der Waals surface area contributed by atoms with Gasteiger partial charge in [-0.25, -0.2) is 15.5 Å². The van der Waals surface area contributed by atoms with Crippen molar-refractivity contribution in [2.75, 3.05) is 5.48 Å². The molecule has 3 N–H and O–H groups in total. The fourth-order valence-electron chi connectivity index (χ4n) is 0.960. The molecule has 0 atom stereocenters. The molecule has 0 amide bonds. The van der Waals surface area contributed by atoms with Gasteiger partial charge in [-0.3, -0.25) is 0 Å². The molecule has 0 saturated heterocycles. The normalized spacial score (nSPS) is 9.69. The van der Waals surface area contributed by atoms with Crippen molar-refractivity contribution in [3.05, 3.63) is 29.3 Å². The highest BCUT2D eigenvalue weighted by molar-refractivity contribution is 5.88. The van der Waals surface area contributed by atoms with Crippen LogP contribution < -0.4 is 5.48 Å². The highest BCUT2D eigenvalue weighted by atomic mass is 17.2. The van der Waals surface area contributed by atoms with Gasteiger partial charge in [-0.05, 0) is 30.7 Å². The summed E-state index contributed by atoms with van der Waals surface area (Å²) < 4.78 is 0. The van der Waals surface area contributed by atoms with Gasteiger partial charge in [-0.15, -0.1) is 4.99 Å². The van der Waals surface area contributed by atoms with Gasteiger partial charge >= 0.3 is 5.97 Å². The van der Waals surface area contributed by atoms with E-state index in [-0.39, 0.29) is 5.56 Å². The van der Waals surface area contributed by atoms with Gasteiger partial charge < -0.3 is 5.11 Å². The van der Waals surface area contributed by atoms with E-state index in [4.69, 9.17) is 10.4 Å². The first-order chi connectivity index (χ1) is 6.15. The van der Waals surface area contributed by atoms with Gasteiger partial charge in [0.1, 0.15) is 0 Å². The SMILES string of the molecule is Cc1cc(C(=O)O)ccc1NOO. The van der Waals surface area contributed by atoms with Gasteiger partial charge in [0.05, 0.1) is 11.3 Å². The minimum Gasteiger partial charge on any atom is -0.478 e. The Bertz CT molecular complexity index is 324. The number of aryl methyl sites for hydroxylation is 1. The van der Waals surface area contributed by atoms with E-state index in [0.717, 1.165) is 0 Å². The number of benzene rings is 1. The van der Waals surface area contributed by atoms with Crippen molar-refractivity contribution in [1.82, 2.24) is 0 Å². The predicted molar refractivity (Wildman–Crippen MR) is 45.5 cm³/mol. The second kappa shape index (κ2) is 3.88. The molecule has 70 valence electrons. The molecule has 0 bridgehead atoms. The third-order valence-corrected chi connectivity index (χ3v) is 1.63. The van der Waals surface area contributed by atoms with E-state index in [2.05, 4.69) is 10.5 Å². The molecule has 0 aromatic heterocycles. The van der Waals surface area contributed by atoms with E-state index in [1.165, 1.54) is 18.2 Å². The largest absolute Gasteiger partial charge is 0.478 e. The molecule has 0 radical (unpaired) electrons. The summed E-state index contributed by atoms with van der Waals surface area (Å²) in [6, 6.07) is 4.40. The van der Waals surface area contributed by atoms with Crippen LogP contribution in [0.15, 0.2) is 18.2 Å². The van der Waals surface area contributed by atoms with Crippen molar-refractivity contribution in [2.24, 2.45) is 0 Å². The Morgan fingerprint density at radius 1 is 1.54 bits per heavy atom. The lowest BCUT2D eigenvalue weighted by Gasteiger charge is -2.05. The predicted octanol–water partition coefficient (Wildman–Crippen LogP) is 1.51. The number of carbonyl (C=O) groups is 1. The maximum absolute atomic E-state index is 10.5. The molecule has 1 aromatic rings. The van der Waals surface area contributed by atoms with Gasteiger partial charge in [-0.1, -0.05) is 0 Å². The maximum atomic E-state index is 10.5. The number of carboxylic acid groups (broad SMARTS) is 1. The van der Waals surface area contributed by atoms with Gasteiger partial charge in [0.2, 0.25) is 0 Å². The van der Waals surface area contributed by atoms with E-state index in [1.807, 2.05) is 0 Å². The molecule has 5 heteroatoms. The van der Waals surface area contributed by atoms with Crippen molar-refractivity contribution in [2.45, 2.75) is 6.92 Å². The average molecular weight is 183 g/mol. The summed E-state index contributed by atoms with van der Waals surface area (Å²) >= 11 is 0. The van der Waals surface area contributed by atoms with E-state index >= 15 is 0 Å². The minimum atomic E-state index is -0.987. The van der Waals surface area contributed by atoms with Gasteiger partial charge in [0.15, 0.2) is 0 Å². The fourth-order valence-corrected chi connectivity index (χ4v) is 0.960. The molecule has 0 saturated carbocycles. The Morgan fingerprint density at radius 3 is 2.69 bits per heavy atom. The molecule has 0 fully saturated rings. The molecule has 0 aliphatic heterocycles. The van der Waals surface area contributed by atoms with Gasteiger partial charge in [-0.2, -0.15) is 0 Å². The molecule has 0 aliphatic rings. The van der Waals surface area contributed by atoms with E-state index in [0.29, 0.717) is 11.3 Å². The second-order valence-electron chi connectivity index (χ2n) is 2.53. The van der Waals surface area contributed by atoms with Crippen molar-refractivity contribution < 1.29 is 20.1 Å². The summed E-state index contributed by atoms with van der Waals surface area (Å²) in [6.07, 6.45) is 0. The van der Waals surface area contributed by atoms with Crippen LogP contribution in [0.4, 0.5) is 5.69 Å². The summed E-state index contributed by atoms with van der Waals surface area (Å²) in [4.78, 5) is 14.2. The summed E-state index contributed by atoms with van der Waals surface area (Å²) in [6.45, 7) is 1.70. The molecule has 13 heavy (non-hydrogen) atoms. The van der Waals surface area contributed by atoms with Crippen molar-refractivity contribution in [3.63, 3.8) is 0 Å². The van der Waals surface area contributed by atoms with Crippen LogP contribution >= 0.6 is 0 Å². The lowest BCUT2D eigenvalue weighted by Crippen LogP contribution is -2.01. The third kappa shape index (κ3) is 2.17. The van der Waals surface area contributed by atoms with Crippen LogP contribution in [0.3, 0.4) is 0 Å². The summed E-state index contributed by atoms with van der Waals surface area (Å²) in [5.74, 6) is -0.987. The lowest BCUT2D eigenvalue weighted by atomic mass is 10.1. The number of nitrogens with one attached hydrogen (secondary N) is 1. The fraction of sp³-hybridized carbons (Fsp3) is 0.125. The molecule has 0 unspecified atom stereocenters. The molecule has 0 spiro atoms. The molecular formula is C8H9NO4. The topological polar surface area (TPSA) is 78.8 Å². The number of rotatable bonds is 3. The Labute approximate surface area is 74.5 Å². The molecule has 0 aliphatic carbocycles. The maximum Gasteiger partial charge on any atom is 0.335 e. The van der Waals surface area contributed by atoms with Crippen LogP contribution in [0.2, 0.25) is 0 Å². The lowest BCUT2D eigenvalue weighted by molar-refractivity contribution is -0.215. The van der Waals surface area contributed by atoms with Gasteiger partial charge in [0.25, 0.3) is 0 Å². The number of hydrogen-bond acceptors (Lipinski definition) is 4. The third-order valence-electron chi connectivity index (χ3n) is 1.63. The molecule has 1 rings (SSSR count). The number of anilines is 1. The van der Waals surface area contributed by atoms with Crippen molar-refractivity contribution in [3.8, 4) is 0 Å². The Hall–Kier alpha value is -1.59. The number of aromatic carboxylic acids is 1. The Kier molecular flexibility index (Phi) is 2.84. The summed E-state index contributed by atoms with van der Waals surface area (Å²) in [5, 5.41) is 16.7. The molecule has 0 heterocycles. The average Bonchev–Trinajstić information content (AvgIpc) is 2.08. The number of hydrogen-bond donors (Lipinski definition) is 3. The first-order valence-electron chi connectivity index (χ1n) is 3.55. The monoisotopic (exact) mass is 183 g/mol. The van der Waals surface area contributed by atoms with Gasteiger partial charge in [0, 0.05) is 0 Å². The first kappa shape index (κ1) is 9.50. The summed E-state index contributed by atoms with van der Waals surface area (Å²) in [7, 11) is 0. The van der Waals surface area contributed by atoms with Crippen LogP contribution in [0.1, 0.15) is 15.9 Å². The number of carboxylic acids is 1. The van der Waals surface area contributed by atoms with Crippen LogP contribution in [-0.4, -0.2) is 16.3 Å². The highest BCUT2D eigenvalue weighted by Gasteiger charge is 2.04. The zero-order valence-corrected chi connectivity index (χ0v) is 6.94. The standard InChI is InChI=1S/C8H9NO4/c1-5-4-6(8(10)11)2-3-7(5)9-13-12/h2-4,9,12H,1H3,(H,10,11). The Balaban J connectivity index is 2.98. The molecule has 1 aromatic carbocycles. The van der Waals surface area contributed by atoms with Crippen LogP contribution in [0.5, 0.6) is 0 Å². The van der Waals surface area contributed by atoms with E-state index < -0.39 is 5.97 Å². The quantitative estimate of drug-likeness (QED) is 0.489. The van der Waals surface area contributed by atoms with Crippen LogP contribution in [0.25, 0.3) is 0 Å². The zero-order valence-electron chi connectivity index (χ0n) is 6.94. The second-order valence-corrected chi connectivity index (χ2v) is 2.53. The van der Waals surface area contributed by atoms with Crippen molar-refractivity contribution >= 4 is 11.7 Å². The Morgan fingerprint density at radius 2 is 2.23 bits per heavy atom.